The largest absolute Gasteiger partial charge is 0.466 e. The minimum atomic E-state index is -2.77. The Labute approximate surface area is 96.8 Å². The molecule has 0 amide bonds. The summed E-state index contributed by atoms with van der Waals surface area (Å²) in [6, 6.07) is 2.71. The number of rotatable bonds is 4. The van der Waals surface area contributed by atoms with Gasteiger partial charge in [-0.25, -0.2) is 8.78 Å². The number of esters is 1. The fourth-order valence-electron chi connectivity index (χ4n) is 1.32. The molecule has 1 aromatic heterocycles. The van der Waals surface area contributed by atoms with Crippen LogP contribution in [0.2, 0.25) is 0 Å². The van der Waals surface area contributed by atoms with Gasteiger partial charge in [-0.05, 0) is 13.0 Å². The van der Waals surface area contributed by atoms with Gasteiger partial charge in [-0.2, -0.15) is 5.26 Å². The Kier molecular flexibility index (Phi) is 4.52. The van der Waals surface area contributed by atoms with Crippen molar-refractivity contribution in [3.05, 3.63) is 29.1 Å². The fraction of sp³-hybridized carbons (Fsp3) is 0.364. The van der Waals surface area contributed by atoms with Crippen LogP contribution < -0.4 is 0 Å². The second-order valence-corrected chi connectivity index (χ2v) is 3.12. The summed E-state index contributed by atoms with van der Waals surface area (Å²) in [5, 5.41) is 8.82. The van der Waals surface area contributed by atoms with Gasteiger partial charge in [0.15, 0.2) is 0 Å². The predicted molar refractivity (Wildman–Crippen MR) is 54.2 cm³/mol. The Morgan fingerprint density at radius 1 is 1.65 bits per heavy atom. The average molecular weight is 240 g/mol. The minimum absolute atomic E-state index is 0.0174. The molecule has 1 aromatic rings. The first-order chi connectivity index (χ1) is 8.10. The maximum atomic E-state index is 12.6. The van der Waals surface area contributed by atoms with Gasteiger partial charge in [0, 0.05) is 11.8 Å². The second kappa shape index (κ2) is 5.89. The van der Waals surface area contributed by atoms with E-state index in [9.17, 15) is 13.6 Å². The Morgan fingerprint density at radius 2 is 2.35 bits per heavy atom. The summed E-state index contributed by atoms with van der Waals surface area (Å²) in [5.74, 6) is -0.595. The molecule has 0 spiro atoms. The number of halogens is 2. The highest BCUT2D eigenvalue weighted by Gasteiger charge is 2.18. The van der Waals surface area contributed by atoms with E-state index in [2.05, 4.69) is 9.72 Å². The summed E-state index contributed by atoms with van der Waals surface area (Å²) >= 11 is 0. The molecule has 0 bridgehead atoms. The number of alkyl halides is 2. The molecule has 90 valence electrons. The maximum Gasteiger partial charge on any atom is 0.311 e. The summed E-state index contributed by atoms with van der Waals surface area (Å²) in [5.41, 5.74) is -0.652. The zero-order valence-corrected chi connectivity index (χ0v) is 9.11. The van der Waals surface area contributed by atoms with Gasteiger partial charge in [0.05, 0.1) is 24.3 Å². The molecule has 4 nitrogen and oxygen atoms in total. The number of ether oxygens (including phenoxy) is 1. The van der Waals surface area contributed by atoms with Crippen molar-refractivity contribution in [3.8, 4) is 6.07 Å². The molecule has 0 fully saturated rings. The van der Waals surface area contributed by atoms with E-state index in [-0.39, 0.29) is 24.3 Å². The fourth-order valence-corrected chi connectivity index (χ4v) is 1.32. The van der Waals surface area contributed by atoms with Crippen LogP contribution in [-0.2, 0) is 16.0 Å². The minimum Gasteiger partial charge on any atom is -0.466 e. The average Bonchev–Trinajstić information content (AvgIpc) is 2.28. The lowest BCUT2D eigenvalue weighted by atomic mass is 10.1. The number of hydrogen-bond acceptors (Lipinski definition) is 4. The quantitative estimate of drug-likeness (QED) is 0.755. The van der Waals surface area contributed by atoms with Gasteiger partial charge in [0.1, 0.15) is 6.07 Å². The van der Waals surface area contributed by atoms with Gasteiger partial charge < -0.3 is 4.74 Å². The number of aromatic nitrogens is 1. The monoisotopic (exact) mass is 240 g/mol. The standard InChI is InChI=1S/C11H10F2N2O2/c1-2-17-10(16)5-9-8(6-14)7(11(12)13)3-4-15-9/h3-4,11H,2,5H2,1H3. The van der Waals surface area contributed by atoms with Crippen LogP contribution in [0.25, 0.3) is 0 Å². The van der Waals surface area contributed by atoms with Gasteiger partial charge in [-0.3, -0.25) is 9.78 Å². The zero-order chi connectivity index (χ0) is 12.8. The van der Waals surface area contributed by atoms with Crippen LogP contribution in [0.3, 0.4) is 0 Å². The van der Waals surface area contributed by atoms with Crippen LogP contribution in [0.5, 0.6) is 0 Å². The van der Waals surface area contributed by atoms with Crippen LogP contribution in [-0.4, -0.2) is 17.6 Å². The molecule has 0 radical (unpaired) electrons. The Balaban J connectivity index is 3.04. The van der Waals surface area contributed by atoms with Crippen molar-refractivity contribution < 1.29 is 18.3 Å². The summed E-state index contributed by atoms with van der Waals surface area (Å²) in [4.78, 5) is 15.0. The molecule has 0 aliphatic heterocycles. The molecule has 0 N–H and O–H groups in total. The summed E-state index contributed by atoms with van der Waals surface area (Å²) in [7, 11) is 0. The third kappa shape index (κ3) is 3.21. The van der Waals surface area contributed by atoms with E-state index in [4.69, 9.17) is 5.26 Å². The lowest BCUT2D eigenvalue weighted by Gasteiger charge is -2.07. The summed E-state index contributed by atoms with van der Waals surface area (Å²) < 4.78 is 29.8. The van der Waals surface area contributed by atoms with Crippen LogP contribution in [0.15, 0.2) is 12.3 Å². The number of carbonyl (C=O) groups excluding carboxylic acids is 1. The van der Waals surface area contributed by atoms with Crippen LogP contribution >= 0.6 is 0 Å². The maximum absolute atomic E-state index is 12.6. The van der Waals surface area contributed by atoms with Crippen molar-refractivity contribution in [2.75, 3.05) is 6.61 Å². The van der Waals surface area contributed by atoms with Crippen molar-refractivity contribution >= 4 is 5.97 Å². The molecule has 1 heterocycles. The zero-order valence-electron chi connectivity index (χ0n) is 9.11. The number of nitrogens with zero attached hydrogens (tertiary/aromatic N) is 2. The number of pyridine rings is 1. The van der Waals surface area contributed by atoms with E-state index in [0.717, 1.165) is 12.3 Å². The van der Waals surface area contributed by atoms with Crippen molar-refractivity contribution in [2.24, 2.45) is 0 Å². The molecular formula is C11H10F2N2O2. The number of hydrogen-bond donors (Lipinski definition) is 0. The first-order valence-corrected chi connectivity index (χ1v) is 4.91. The molecule has 0 atom stereocenters. The van der Waals surface area contributed by atoms with E-state index >= 15 is 0 Å². The van der Waals surface area contributed by atoms with Crippen molar-refractivity contribution in [1.29, 1.82) is 5.26 Å². The van der Waals surface area contributed by atoms with Crippen LogP contribution in [0, 0.1) is 11.3 Å². The topological polar surface area (TPSA) is 63.0 Å². The van der Waals surface area contributed by atoms with E-state index in [0.29, 0.717) is 0 Å². The van der Waals surface area contributed by atoms with Gasteiger partial charge >= 0.3 is 5.97 Å². The van der Waals surface area contributed by atoms with E-state index < -0.39 is 18.0 Å². The van der Waals surface area contributed by atoms with E-state index in [1.54, 1.807) is 13.0 Å². The molecule has 0 unspecified atom stereocenters. The molecule has 0 aliphatic carbocycles. The van der Waals surface area contributed by atoms with Crippen molar-refractivity contribution in [2.45, 2.75) is 19.8 Å². The van der Waals surface area contributed by atoms with Gasteiger partial charge in [0.25, 0.3) is 6.43 Å². The Hall–Kier alpha value is -2.03. The third-order valence-electron chi connectivity index (χ3n) is 2.03. The normalized spacial score (nSPS) is 10.1. The van der Waals surface area contributed by atoms with Gasteiger partial charge in [-0.15, -0.1) is 0 Å². The number of nitriles is 1. The SMILES string of the molecule is CCOC(=O)Cc1nccc(C(F)F)c1C#N. The Morgan fingerprint density at radius 3 is 2.88 bits per heavy atom. The molecule has 6 heteroatoms. The highest BCUT2D eigenvalue weighted by molar-refractivity contribution is 5.73. The molecule has 0 saturated carbocycles. The first-order valence-electron chi connectivity index (χ1n) is 4.91. The highest BCUT2D eigenvalue weighted by Crippen LogP contribution is 2.23. The molecular weight excluding hydrogens is 230 g/mol. The molecule has 0 saturated heterocycles. The highest BCUT2D eigenvalue weighted by atomic mass is 19.3. The Bertz CT molecular complexity index is 455. The van der Waals surface area contributed by atoms with Crippen molar-refractivity contribution in [3.63, 3.8) is 0 Å². The lowest BCUT2D eigenvalue weighted by Crippen LogP contribution is -2.11. The number of carbonyl (C=O) groups is 1. The second-order valence-electron chi connectivity index (χ2n) is 3.12. The van der Waals surface area contributed by atoms with Crippen LogP contribution in [0.4, 0.5) is 8.78 Å². The van der Waals surface area contributed by atoms with Gasteiger partial charge in [-0.1, -0.05) is 0 Å². The van der Waals surface area contributed by atoms with Crippen molar-refractivity contribution in [1.82, 2.24) is 4.98 Å². The molecule has 1 rings (SSSR count). The summed E-state index contributed by atoms with van der Waals surface area (Å²) in [6.07, 6.45) is -1.90. The van der Waals surface area contributed by atoms with E-state index in [1.165, 1.54) is 0 Å². The molecule has 17 heavy (non-hydrogen) atoms. The summed E-state index contributed by atoms with van der Waals surface area (Å²) in [6.45, 7) is 1.82. The molecule has 0 aliphatic rings. The van der Waals surface area contributed by atoms with Gasteiger partial charge in [0.2, 0.25) is 0 Å². The molecule has 0 aromatic carbocycles. The van der Waals surface area contributed by atoms with E-state index in [1.807, 2.05) is 0 Å². The lowest BCUT2D eigenvalue weighted by molar-refractivity contribution is -0.142. The van der Waals surface area contributed by atoms with Crippen LogP contribution in [0.1, 0.15) is 30.2 Å². The first kappa shape index (κ1) is 13.0. The smallest absolute Gasteiger partial charge is 0.311 e. The third-order valence-corrected chi connectivity index (χ3v) is 2.03. The predicted octanol–water partition coefficient (Wildman–Crippen LogP) is 2.00.